The van der Waals surface area contributed by atoms with E-state index in [-0.39, 0.29) is 16.6 Å². The van der Waals surface area contributed by atoms with Crippen LogP contribution in [0.4, 0.5) is 0 Å². The van der Waals surface area contributed by atoms with E-state index >= 15 is 0 Å². The molecule has 0 radical (unpaired) electrons. The van der Waals surface area contributed by atoms with Crippen LogP contribution in [0, 0.1) is 11.3 Å². The van der Waals surface area contributed by atoms with Crippen molar-refractivity contribution in [2.75, 3.05) is 0 Å². The van der Waals surface area contributed by atoms with Crippen LogP contribution in [0.5, 0.6) is 0 Å². The Kier molecular flexibility index (Phi) is 3.23. The Labute approximate surface area is 140 Å². The summed E-state index contributed by atoms with van der Waals surface area (Å²) >= 11 is 0. The molecule has 3 fully saturated rings. The van der Waals surface area contributed by atoms with E-state index in [0.717, 1.165) is 38.5 Å². The zero-order valence-corrected chi connectivity index (χ0v) is 15.3. The predicted octanol–water partition coefficient (Wildman–Crippen LogP) is 3.99. The van der Waals surface area contributed by atoms with Crippen molar-refractivity contribution in [3.8, 4) is 0 Å². The monoisotopic (exact) mass is 320 g/mol. The third-order valence-corrected chi connectivity index (χ3v) is 7.27. The minimum Gasteiger partial charge on any atom is -0.386 e. The van der Waals surface area contributed by atoms with Gasteiger partial charge in [-0.3, -0.25) is 0 Å². The van der Waals surface area contributed by atoms with E-state index in [4.69, 9.17) is 9.47 Å². The lowest BCUT2D eigenvalue weighted by Gasteiger charge is -2.37. The Bertz CT molecular complexity index is 548. The lowest BCUT2D eigenvalue weighted by Crippen LogP contribution is -2.34. The number of hydrogen-bond donors (Lipinski definition) is 1. The van der Waals surface area contributed by atoms with Crippen LogP contribution in [0.15, 0.2) is 11.6 Å². The second-order valence-corrected chi connectivity index (χ2v) is 9.75. The smallest absolute Gasteiger partial charge is 0.0921 e. The number of allylic oxidation sites excluding steroid dienone is 1. The highest BCUT2D eigenvalue weighted by Gasteiger charge is 2.60. The SMILES string of the molecule is CC(C)(O)C1=CC[C@@]2(C)CC3OC3(C)CCC3OC3(C)CC[C@H]12. The Morgan fingerprint density at radius 1 is 1.04 bits per heavy atom. The molecular weight excluding hydrogens is 288 g/mol. The normalized spacial score (nSPS) is 52.6. The first-order valence-corrected chi connectivity index (χ1v) is 9.34. The Morgan fingerprint density at radius 3 is 2.35 bits per heavy atom. The van der Waals surface area contributed by atoms with Crippen molar-refractivity contribution in [3.63, 3.8) is 0 Å². The van der Waals surface area contributed by atoms with E-state index in [0.29, 0.717) is 18.1 Å². The van der Waals surface area contributed by atoms with Gasteiger partial charge in [0.15, 0.2) is 0 Å². The lowest BCUT2D eigenvalue weighted by molar-refractivity contribution is 0.0838. The molecule has 0 aromatic heterocycles. The minimum atomic E-state index is -0.721. The largest absolute Gasteiger partial charge is 0.386 e. The standard InChI is InChI=1S/C20H32O3/c1-17(2,21)13-6-9-18(3)12-16-20(5,23-16)11-8-15-19(4,22-15)10-7-14(13)18/h6,14-16,21H,7-12H2,1-5H3/t14-,15?,16?,18+,19?,20?/m1/s1. The van der Waals surface area contributed by atoms with Gasteiger partial charge in [0, 0.05) is 0 Å². The zero-order valence-electron chi connectivity index (χ0n) is 15.3. The highest BCUT2D eigenvalue weighted by molar-refractivity contribution is 5.28. The van der Waals surface area contributed by atoms with E-state index in [1.54, 1.807) is 0 Å². The van der Waals surface area contributed by atoms with Crippen molar-refractivity contribution < 1.29 is 14.6 Å². The molecule has 0 aromatic carbocycles. The molecule has 23 heavy (non-hydrogen) atoms. The number of hydrogen-bond acceptors (Lipinski definition) is 3. The quantitative estimate of drug-likeness (QED) is 0.587. The van der Waals surface area contributed by atoms with Gasteiger partial charge in [-0.1, -0.05) is 13.0 Å². The molecule has 2 aliphatic heterocycles. The summed E-state index contributed by atoms with van der Waals surface area (Å²) in [4.78, 5) is 0. The van der Waals surface area contributed by atoms with Crippen LogP contribution in [-0.2, 0) is 9.47 Å². The molecule has 4 rings (SSSR count). The van der Waals surface area contributed by atoms with Gasteiger partial charge >= 0.3 is 0 Å². The third-order valence-electron chi connectivity index (χ3n) is 7.27. The summed E-state index contributed by atoms with van der Waals surface area (Å²) in [5.74, 6) is 0.440. The second-order valence-electron chi connectivity index (χ2n) is 9.75. The molecule has 4 aliphatic rings. The fourth-order valence-electron chi connectivity index (χ4n) is 5.32. The third kappa shape index (κ3) is 2.60. The average Bonchev–Trinajstić information content (AvgIpc) is 3.21. The first kappa shape index (κ1) is 16.1. The molecule has 2 aliphatic carbocycles. The van der Waals surface area contributed by atoms with Crippen LogP contribution in [0.3, 0.4) is 0 Å². The van der Waals surface area contributed by atoms with E-state index < -0.39 is 5.60 Å². The van der Waals surface area contributed by atoms with E-state index in [1.807, 2.05) is 13.8 Å². The number of fused-ring (bicyclic) bond motifs is 3. The number of ether oxygens (including phenoxy) is 2. The summed E-state index contributed by atoms with van der Waals surface area (Å²) in [7, 11) is 0. The van der Waals surface area contributed by atoms with Crippen LogP contribution < -0.4 is 0 Å². The molecule has 0 bridgehead atoms. The summed E-state index contributed by atoms with van der Waals surface area (Å²) in [6.45, 7) is 10.8. The molecule has 2 saturated heterocycles. The summed E-state index contributed by atoms with van der Waals surface area (Å²) in [5.41, 5.74) is 0.841. The van der Waals surface area contributed by atoms with Crippen molar-refractivity contribution >= 4 is 0 Å². The zero-order chi connectivity index (χ0) is 16.7. The van der Waals surface area contributed by atoms with Gasteiger partial charge < -0.3 is 14.6 Å². The molecule has 6 atom stereocenters. The van der Waals surface area contributed by atoms with Crippen molar-refractivity contribution in [1.29, 1.82) is 0 Å². The van der Waals surface area contributed by atoms with Gasteiger partial charge in [-0.25, -0.2) is 0 Å². The number of aliphatic hydroxyl groups is 1. The van der Waals surface area contributed by atoms with Crippen molar-refractivity contribution in [2.45, 2.75) is 102 Å². The molecule has 3 heteroatoms. The summed E-state index contributed by atoms with van der Waals surface area (Å²) in [5, 5.41) is 10.7. The number of epoxide rings is 2. The van der Waals surface area contributed by atoms with Gasteiger partial charge in [-0.15, -0.1) is 0 Å². The van der Waals surface area contributed by atoms with Gasteiger partial charge in [-0.05, 0) is 83.1 Å². The molecule has 4 unspecified atom stereocenters. The second kappa shape index (κ2) is 4.62. The maximum Gasteiger partial charge on any atom is 0.0921 e. The van der Waals surface area contributed by atoms with E-state index in [9.17, 15) is 5.11 Å². The van der Waals surface area contributed by atoms with Gasteiger partial charge in [0.25, 0.3) is 0 Å². The average molecular weight is 320 g/mol. The highest BCUT2D eigenvalue weighted by atomic mass is 16.6. The summed E-state index contributed by atoms with van der Waals surface area (Å²) < 4.78 is 12.2. The van der Waals surface area contributed by atoms with Gasteiger partial charge in [0.2, 0.25) is 0 Å². The summed E-state index contributed by atoms with van der Waals surface area (Å²) in [6.07, 6.45) is 9.74. The van der Waals surface area contributed by atoms with Gasteiger partial charge in [0.1, 0.15) is 0 Å². The summed E-state index contributed by atoms with van der Waals surface area (Å²) in [6, 6.07) is 0. The molecule has 3 nitrogen and oxygen atoms in total. The molecule has 0 spiro atoms. The van der Waals surface area contributed by atoms with Gasteiger partial charge in [-0.2, -0.15) is 0 Å². The van der Waals surface area contributed by atoms with Crippen LogP contribution in [0.25, 0.3) is 0 Å². The molecule has 1 saturated carbocycles. The first-order chi connectivity index (χ1) is 10.6. The van der Waals surface area contributed by atoms with Gasteiger partial charge in [0.05, 0.1) is 29.0 Å². The van der Waals surface area contributed by atoms with Crippen molar-refractivity contribution in [2.24, 2.45) is 11.3 Å². The molecule has 0 amide bonds. The maximum absolute atomic E-state index is 10.7. The van der Waals surface area contributed by atoms with Crippen molar-refractivity contribution in [1.82, 2.24) is 0 Å². The Hall–Kier alpha value is -0.380. The van der Waals surface area contributed by atoms with Crippen LogP contribution in [0.2, 0.25) is 0 Å². The minimum absolute atomic E-state index is 0.0549. The molecule has 2 heterocycles. The van der Waals surface area contributed by atoms with Crippen LogP contribution >= 0.6 is 0 Å². The lowest BCUT2D eigenvalue weighted by atomic mass is 9.68. The first-order valence-electron chi connectivity index (χ1n) is 9.34. The Balaban J connectivity index is 1.62. The fourth-order valence-corrected chi connectivity index (χ4v) is 5.32. The highest BCUT2D eigenvalue weighted by Crippen LogP contribution is 2.59. The fraction of sp³-hybridized carbons (Fsp3) is 0.900. The molecule has 1 N–H and O–H groups in total. The topological polar surface area (TPSA) is 45.3 Å². The van der Waals surface area contributed by atoms with E-state index in [2.05, 4.69) is 26.8 Å². The maximum atomic E-state index is 10.7. The van der Waals surface area contributed by atoms with Crippen molar-refractivity contribution in [3.05, 3.63) is 11.6 Å². The predicted molar refractivity (Wildman–Crippen MR) is 90.2 cm³/mol. The van der Waals surface area contributed by atoms with E-state index in [1.165, 1.54) is 5.57 Å². The molecule has 130 valence electrons. The molecular formula is C20H32O3. The number of rotatable bonds is 1. The molecule has 0 aromatic rings. The Morgan fingerprint density at radius 2 is 1.65 bits per heavy atom. The van der Waals surface area contributed by atoms with Crippen LogP contribution in [0.1, 0.15) is 73.1 Å². The van der Waals surface area contributed by atoms with Crippen LogP contribution in [-0.4, -0.2) is 34.1 Å².